The highest BCUT2D eigenvalue weighted by Gasteiger charge is 2.27. The highest BCUT2D eigenvalue weighted by Crippen LogP contribution is 2.09. The number of likely N-dealkylation sites (N-methyl/N-ethyl adjacent to an activating group) is 1. The highest BCUT2D eigenvalue weighted by atomic mass is 16.7. The molecule has 0 aliphatic heterocycles. The van der Waals surface area contributed by atoms with Crippen molar-refractivity contribution in [3.05, 3.63) is 12.2 Å². The summed E-state index contributed by atoms with van der Waals surface area (Å²) in [6.45, 7) is 3.16. The SMILES string of the molecule is CON(C)C(=O)/C=C/[C@@H](OC(C)=O)[C@H](COC(C)=O)OC(C)=O. The molecule has 0 heterocycles. The number of hydrogen-bond acceptors (Lipinski definition) is 8. The van der Waals surface area contributed by atoms with Crippen LogP contribution in [0.25, 0.3) is 0 Å². The molecule has 0 fully saturated rings. The fraction of sp³-hybridized carbons (Fsp3) is 0.571. The number of nitrogens with zero attached hydrogens (tertiary/aromatic N) is 1. The second-order valence-electron chi connectivity index (χ2n) is 4.40. The predicted octanol–water partition coefficient (Wildman–Crippen LogP) is -0.0111. The molecule has 0 aromatic rings. The van der Waals surface area contributed by atoms with Crippen LogP contribution in [0.4, 0.5) is 0 Å². The fourth-order valence-corrected chi connectivity index (χ4v) is 1.41. The average Bonchev–Trinajstić information content (AvgIpc) is 2.45. The van der Waals surface area contributed by atoms with Crippen LogP contribution in [0.3, 0.4) is 0 Å². The van der Waals surface area contributed by atoms with Crippen molar-refractivity contribution in [2.24, 2.45) is 0 Å². The lowest BCUT2D eigenvalue weighted by Crippen LogP contribution is -2.37. The van der Waals surface area contributed by atoms with Crippen molar-refractivity contribution in [1.29, 1.82) is 0 Å². The fourth-order valence-electron chi connectivity index (χ4n) is 1.41. The molecule has 0 aliphatic carbocycles. The maximum absolute atomic E-state index is 11.7. The summed E-state index contributed by atoms with van der Waals surface area (Å²) in [5, 5.41) is 0.939. The molecule has 0 aliphatic rings. The third-order valence-electron chi connectivity index (χ3n) is 2.45. The Morgan fingerprint density at radius 3 is 2.00 bits per heavy atom. The Balaban J connectivity index is 5.20. The summed E-state index contributed by atoms with van der Waals surface area (Å²) in [5.41, 5.74) is 0. The average molecular weight is 331 g/mol. The van der Waals surface area contributed by atoms with Gasteiger partial charge in [-0.1, -0.05) is 0 Å². The highest BCUT2D eigenvalue weighted by molar-refractivity contribution is 5.86. The van der Waals surface area contributed by atoms with Crippen molar-refractivity contribution in [3.8, 4) is 0 Å². The van der Waals surface area contributed by atoms with E-state index in [1.807, 2.05) is 0 Å². The van der Waals surface area contributed by atoms with Crippen LogP contribution in [-0.4, -0.2) is 61.9 Å². The molecule has 130 valence electrons. The van der Waals surface area contributed by atoms with Gasteiger partial charge >= 0.3 is 17.9 Å². The van der Waals surface area contributed by atoms with Gasteiger partial charge < -0.3 is 14.2 Å². The number of hydroxylamine groups is 2. The van der Waals surface area contributed by atoms with Crippen molar-refractivity contribution in [2.45, 2.75) is 33.0 Å². The van der Waals surface area contributed by atoms with E-state index in [4.69, 9.17) is 19.0 Å². The zero-order valence-corrected chi connectivity index (χ0v) is 13.7. The molecule has 0 radical (unpaired) electrons. The molecule has 2 atom stereocenters. The number of ether oxygens (including phenoxy) is 3. The van der Waals surface area contributed by atoms with E-state index in [9.17, 15) is 19.2 Å². The quantitative estimate of drug-likeness (QED) is 0.264. The molecule has 0 aromatic carbocycles. The van der Waals surface area contributed by atoms with Gasteiger partial charge in [-0.25, -0.2) is 5.06 Å². The molecule has 0 aromatic heterocycles. The third-order valence-corrected chi connectivity index (χ3v) is 2.45. The first kappa shape index (κ1) is 20.6. The zero-order valence-electron chi connectivity index (χ0n) is 13.7. The first-order valence-corrected chi connectivity index (χ1v) is 6.65. The summed E-state index contributed by atoms with van der Waals surface area (Å²) in [5.74, 6) is -2.44. The molecule has 9 nitrogen and oxygen atoms in total. The summed E-state index contributed by atoms with van der Waals surface area (Å²) < 4.78 is 14.8. The van der Waals surface area contributed by atoms with Gasteiger partial charge in [0.05, 0.1) is 7.11 Å². The van der Waals surface area contributed by atoms with Crippen LogP contribution in [0.5, 0.6) is 0 Å². The lowest BCUT2D eigenvalue weighted by atomic mass is 10.2. The van der Waals surface area contributed by atoms with Crippen LogP contribution in [-0.2, 0) is 38.2 Å². The topological polar surface area (TPSA) is 108 Å². The number of hydrogen-bond donors (Lipinski definition) is 0. The number of rotatable bonds is 8. The lowest BCUT2D eigenvalue weighted by molar-refractivity contribution is -0.169. The lowest BCUT2D eigenvalue weighted by Gasteiger charge is -2.23. The standard InChI is InChI=1S/C14H21NO8/c1-9(16)21-8-13(23-11(3)18)12(22-10(2)17)6-7-14(19)15(4)20-5/h6-7,12-13H,8H2,1-5H3/b7-6+/t12-,13+/m1/s1. The zero-order chi connectivity index (χ0) is 18.0. The van der Waals surface area contributed by atoms with Gasteiger partial charge in [0.25, 0.3) is 5.91 Å². The summed E-state index contributed by atoms with van der Waals surface area (Å²) >= 11 is 0. The molecule has 0 unspecified atom stereocenters. The molecular weight excluding hydrogens is 310 g/mol. The normalized spacial score (nSPS) is 13.1. The van der Waals surface area contributed by atoms with Crippen LogP contribution in [0.1, 0.15) is 20.8 Å². The molecular formula is C14H21NO8. The molecule has 9 heteroatoms. The van der Waals surface area contributed by atoms with Crippen LogP contribution < -0.4 is 0 Å². The maximum atomic E-state index is 11.7. The first-order valence-electron chi connectivity index (χ1n) is 6.65. The van der Waals surface area contributed by atoms with Crippen molar-refractivity contribution in [1.82, 2.24) is 5.06 Å². The van der Waals surface area contributed by atoms with Crippen LogP contribution in [0, 0.1) is 0 Å². The van der Waals surface area contributed by atoms with Crippen molar-refractivity contribution < 1.29 is 38.2 Å². The van der Waals surface area contributed by atoms with Crippen LogP contribution in [0.2, 0.25) is 0 Å². The summed E-state index contributed by atoms with van der Waals surface area (Å²) in [6, 6.07) is 0. The van der Waals surface area contributed by atoms with E-state index in [1.165, 1.54) is 27.2 Å². The van der Waals surface area contributed by atoms with Gasteiger partial charge in [-0.2, -0.15) is 0 Å². The molecule has 0 rings (SSSR count). The monoisotopic (exact) mass is 331 g/mol. The van der Waals surface area contributed by atoms with Crippen molar-refractivity contribution in [3.63, 3.8) is 0 Å². The van der Waals surface area contributed by atoms with Crippen molar-refractivity contribution in [2.75, 3.05) is 20.8 Å². The molecule has 0 saturated carbocycles. The minimum Gasteiger partial charge on any atom is -0.462 e. The smallest absolute Gasteiger partial charge is 0.303 e. The Morgan fingerprint density at radius 2 is 1.57 bits per heavy atom. The molecule has 0 bridgehead atoms. The largest absolute Gasteiger partial charge is 0.462 e. The first-order chi connectivity index (χ1) is 10.7. The van der Waals surface area contributed by atoms with Gasteiger partial charge in [0.15, 0.2) is 12.2 Å². The number of carbonyl (C=O) groups is 4. The Bertz CT molecular complexity index is 473. The van der Waals surface area contributed by atoms with Crippen molar-refractivity contribution >= 4 is 23.8 Å². The van der Waals surface area contributed by atoms with Crippen LogP contribution in [0.15, 0.2) is 12.2 Å². The van der Waals surface area contributed by atoms with E-state index >= 15 is 0 Å². The molecule has 0 spiro atoms. The van der Waals surface area contributed by atoms with Gasteiger partial charge in [-0.15, -0.1) is 0 Å². The summed E-state index contributed by atoms with van der Waals surface area (Å²) in [7, 11) is 2.69. The second kappa shape index (κ2) is 10.3. The van der Waals surface area contributed by atoms with E-state index in [0.29, 0.717) is 0 Å². The summed E-state index contributed by atoms with van der Waals surface area (Å²) in [4.78, 5) is 49.6. The molecule has 23 heavy (non-hydrogen) atoms. The van der Waals surface area contributed by atoms with Gasteiger partial charge in [0, 0.05) is 33.9 Å². The third kappa shape index (κ3) is 9.25. The number of esters is 3. The Labute approximate surface area is 134 Å². The number of carbonyl (C=O) groups excluding carboxylic acids is 4. The van der Waals surface area contributed by atoms with Gasteiger partial charge in [-0.3, -0.25) is 24.0 Å². The van der Waals surface area contributed by atoms with E-state index in [-0.39, 0.29) is 6.61 Å². The van der Waals surface area contributed by atoms with Gasteiger partial charge in [-0.05, 0) is 6.08 Å². The minimum atomic E-state index is -1.11. The molecule has 0 N–H and O–H groups in total. The predicted molar refractivity (Wildman–Crippen MR) is 76.7 cm³/mol. The molecule has 0 saturated heterocycles. The molecule has 1 amide bonds. The van der Waals surface area contributed by atoms with Gasteiger partial charge in [0.1, 0.15) is 6.61 Å². The summed E-state index contributed by atoms with van der Waals surface area (Å²) in [6.07, 6.45) is 0.111. The van der Waals surface area contributed by atoms with E-state index in [1.54, 1.807) is 0 Å². The van der Waals surface area contributed by atoms with E-state index in [0.717, 1.165) is 25.0 Å². The second-order valence-corrected chi connectivity index (χ2v) is 4.40. The Morgan fingerprint density at radius 1 is 1.00 bits per heavy atom. The van der Waals surface area contributed by atoms with Crippen LogP contribution >= 0.6 is 0 Å². The Kier molecular flexibility index (Phi) is 9.24. The van der Waals surface area contributed by atoms with E-state index in [2.05, 4.69) is 0 Å². The van der Waals surface area contributed by atoms with E-state index < -0.39 is 36.0 Å². The maximum Gasteiger partial charge on any atom is 0.303 e. The van der Waals surface area contributed by atoms with Gasteiger partial charge in [0.2, 0.25) is 0 Å². The Hall–Kier alpha value is -2.42. The minimum absolute atomic E-state index is 0.328. The number of amides is 1.